The lowest BCUT2D eigenvalue weighted by atomic mass is 10.1. The van der Waals surface area contributed by atoms with Gasteiger partial charge < -0.3 is 24.2 Å². The average Bonchev–Trinajstić information content (AvgIpc) is 3.43. The number of carbonyl (C=O) groups excluding carboxylic acids is 3. The van der Waals surface area contributed by atoms with Crippen LogP contribution >= 0.6 is 7.82 Å². The molecule has 0 aliphatic heterocycles. The van der Waals surface area contributed by atoms with E-state index in [0.717, 1.165) is 128 Å². The third-order valence-electron chi connectivity index (χ3n) is 12.0. The molecule has 0 saturated carbocycles. The average molecular weight is 1110 g/mol. The molecule has 0 fully saturated rings. The number of allylic oxidation sites excluding steroid dienone is 22. The van der Waals surface area contributed by atoms with E-state index in [4.69, 9.17) is 23.3 Å². The summed E-state index contributed by atoms with van der Waals surface area (Å²) < 4.78 is 39.5. The van der Waals surface area contributed by atoms with Crippen LogP contribution in [-0.4, -0.2) is 66.5 Å². The van der Waals surface area contributed by atoms with Crippen LogP contribution in [-0.2, 0) is 42.2 Å². The minimum Gasteiger partial charge on any atom is -0.462 e. The second kappa shape index (κ2) is 58.8. The van der Waals surface area contributed by atoms with Gasteiger partial charge in [-0.25, -0.2) is 4.57 Å². The SMILES string of the molecule is CC/C=C\C/C=C\C/C=C\C/C=C\C/C=C\CCCCCC(=O)OCC(COP(=O)(O)OCC(CO)OC(=O)CCCC/C=C\C/C=C\C/C=C\C/C=C\CC)OC(=O)CCCCCCCCC/C=C\C/C=C\CCCCC. The number of esters is 3. The van der Waals surface area contributed by atoms with E-state index < -0.39 is 57.8 Å². The van der Waals surface area contributed by atoms with Crippen molar-refractivity contribution >= 4 is 25.7 Å². The number of phosphoric acid groups is 1. The smallest absolute Gasteiger partial charge is 0.462 e. The maximum absolute atomic E-state index is 12.9. The number of unbranched alkanes of at least 4 members (excludes halogenated alkanes) is 15. The maximum Gasteiger partial charge on any atom is 0.472 e. The van der Waals surface area contributed by atoms with Gasteiger partial charge in [-0.1, -0.05) is 206 Å². The number of hydrogen-bond donors (Lipinski definition) is 2. The van der Waals surface area contributed by atoms with Gasteiger partial charge in [0.25, 0.3) is 0 Å². The molecule has 0 radical (unpaired) electrons. The number of carbonyl (C=O) groups is 3. The van der Waals surface area contributed by atoms with Crippen LogP contribution in [0.4, 0.5) is 0 Å². The lowest BCUT2D eigenvalue weighted by Gasteiger charge is -2.21. The number of aliphatic hydroxyl groups excluding tert-OH is 1. The molecule has 0 aromatic carbocycles. The molecule has 0 spiro atoms. The predicted octanol–water partition coefficient (Wildman–Crippen LogP) is 18.1. The zero-order chi connectivity index (χ0) is 56.9. The first kappa shape index (κ1) is 73.6. The normalized spacial score (nSPS) is 14.3. The molecule has 11 nitrogen and oxygen atoms in total. The van der Waals surface area contributed by atoms with Gasteiger partial charge in [0.05, 0.1) is 19.8 Å². The van der Waals surface area contributed by atoms with Gasteiger partial charge in [-0.05, 0) is 135 Å². The van der Waals surface area contributed by atoms with Crippen LogP contribution in [0.25, 0.3) is 0 Å². The van der Waals surface area contributed by atoms with E-state index in [1.165, 1.54) is 38.5 Å². The number of aliphatic hydroxyl groups is 1. The number of rotatable bonds is 54. The van der Waals surface area contributed by atoms with E-state index in [2.05, 4.69) is 154 Å². The van der Waals surface area contributed by atoms with Crippen molar-refractivity contribution in [1.29, 1.82) is 0 Å². The second-order valence-electron chi connectivity index (χ2n) is 19.4. The third kappa shape index (κ3) is 56.3. The van der Waals surface area contributed by atoms with Gasteiger partial charge in [-0.15, -0.1) is 0 Å². The fraction of sp³-hybridized carbons (Fsp3) is 0.621. The van der Waals surface area contributed by atoms with Crippen molar-refractivity contribution in [3.8, 4) is 0 Å². The molecule has 442 valence electrons. The molecular weight excluding hydrogens is 1000 g/mol. The summed E-state index contributed by atoms with van der Waals surface area (Å²) in [5.74, 6) is -1.57. The maximum atomic E-state index is 12.9. The van der Waals surface area contributed by atoms with Gasteiger partial charge in [0, 0.05) is 19.3 Å². The molecule has 0 aliphatic rings. The molecule has 78 heavy (non-hydrogen) atoms. The Hall–Kier alpha value is -4.38. The summed E-state index contributed by atoms with van der Waals surface area (Å²) in [6, 6.07) is 0. The van der Waals surface area contributed by atoms with Crippen LogP contribution in [0.5, 0.6) is 0 Å². The zero-order valence-electron chi connectivity index (χ0n) is 48.8. The molecule has 0 saturated heterocycles. The Balaban J connectivity index is 4.85. The van der Waals surface area contributed by atoms with Crippen molar-refractivity contribution in [2.45, 2.75) is 238 Å². The number of hydrogen-bond acceptors (Lipinski definition) is 10. The highest BCUT2D eigenvalue weighted by Gasteiger charge is 2.28. The standard InChI is InChI=1S/C66H107O11P/c1-4-7-10-13-16-19-22-25-28-30-31-33-35-37-40-43-46-49-52-55-64(68)73-59-63(77-66(70)57-54-51-48-45-42-39-36-32-29-26-23-20-17-14-11-8-5-2)61-75-78(71,72)74-60-62(58-67)76-65(69)56-53-50-47-44-41-38-34-27-24-21-18-15-12-9-6-3/h7,9-10,12,16-21,25-29,31,33-34,37,40-41,44,62-63,67H,4-6,8,11,13-15,22-24,30,32,35-36,38-39,42-43,45-61H2,1-3H3,(H,71,72)/b10-7-,12-9-,19-16-,20-17-,21-18-,28-25-,29-26-,33-31-,34-27-,40-37-,44-41-. The highest BCUT2D eigenvalue weighted by atomic mass is 31.2. The summed E-state index contributed by atoms with van der Waals surface area (Å²) in [4.78, 5) is 48.6. The predicted molar refractivity (Wildman–Crippen MR) is 325 cm³/mol. The summed E-state index contributed by atoms with van der Waals surface area (Å²) in [7, 11) is -4.78. The van der Waals surface area contributed by atoms with Gasteiger partial charge in [0.1, 0.15) is 12.7 Å². The summed E-state index contributed by atoms with van der Waals surface area (Å²) in [6.07, 6.45) is 74.1. The van der Waals surface area contributed by atoms with Gasteiger partial charge in [0.2, 0.25) is 0 Å². The lowest BCUT2D eigenvalue weighted by molar-refractivity contribution is -0.161. The quantitative estimate of drug-likeness (QED) is 0.0197. The molecule has 0 amide bonds. The molecule has 0 heterocycles. The lowest BCUT2D eigenvalue weighted by Crippen LogP contribution is -2.30. The fourth-order valence-electron chi connectivity index (χ4n) is 7.52. The molecule has 0 aromatic rings. The van der Waals surface area contributed by atoms with Crippen LogP contribution in [0.1, 0.15) is 226 Å². The topological polar surface area (TPSA) is 155 Å². The monoisotopic (exact) mass is 1110 g/mol. The van der Waals surface area contributed by atoms with Gasteiger partial charge >= 0.3 is 25.7 Å². The Morgan fingerprint density at radius 3 is 1.06 bits per heavy atom. The van der Waals surface area contributed by atoms with Crippen LogP contribution < -0.4 is 0 Å². The summed E-state index contributed by atoms with van der Waals surface area (Å²) >= 11 is 0. The molecule has 3 unspecified atom stereocenters. The van der Waals surface area contributed by atoms with Crippen molar-refractivity contribution in [3.05, 3.63) is 134 Å². The van der Waals surface area contributed by atoms with E-state index in [9.17, 15) is 28.9 Å². The van der Waals surface area contributed by atoms with E-state index in [-0.39, 0.29) is 25.9 Å². The summed E-state index contributed by atoms with van der Waals surface area (Å²) in [5, 5.41) is 9.82. The first-order chi connectivity index (χ1) is 38.2. The van der Waals surface area contributed by atoms with Gasteiger partial charge in [-0.2, -0.15) is 0 Å². The highest BCUT2D eigenvalue weighted by Crippen LogP contribution is 2.43. The largest absolute Gasteiger partial charge is 0.472 e. The van der Waals surface area contributed by atoms with Crippen molar-refractivity contribution < 1.29 is 52.2 Å². The van der Waals surface area contributed by atoms with E-state index in [0.29, 0.717) is 19.3 Å². The fourth-order valence-corrected chi connectivity index (χ4v) is 8.30. The Labute approximate surface area is 474 Å². The Bertz CT molecular complexity index is 1820. The molecule has 0 bridgehead atoms. The first-order valence-electron chi connectivity index (χ1n) is 30.1. The van der Waals surface area contributed by atoms with Gasteiger partial charge in [0.15, 0.2) is 6.10 Å². The number of ether oxygens (including phenoxy) is 3. The Morgan fingerprint density at radius 1 is 0.372 bits per heavy atom. The van der Waals surface area contributed by atoms with E-state index in [1.807, 2.05) is 0 Å². The molecule has 0 aromatic heterocycles. The van der Waals surface area contributed by atoms with Crippen molar-refractivity contribution in [3.63, 3.8) is 0 Å². The molecule has 3 atom stereocenters. The van der Waals surface area contributed by atoms with Gasteiger partial charge in [-0.3, -0.25) is 23.4 Å². The van der Waals surface area contributed by atoms with Crippen LogP contribution in [0.2, 0.25) is 0 Å². The molecule has 12 heteroatoms. The van der Waals surface area contributed by atoms with Crippen LogP contribution in [0.15, 0.2) is 134 Å². The van der Waals surface area contributed by atoms with Crippen molar-refractivity contribution in [2.75, 3.05) is 26.4 Å². The van der Waals surface area contributed by atoms with Crippen molar-refractivity contribution in [1.82, 2.24) is 0 Å². The first-order valence-corrected chi connectivity index (χ1v) is 31.6. The van der Waals surface area contributed by atoms with Crippen LogP contribution in [0, 0.1) is 0 Å². The molecule has 0 rings (SSSR count). The molecule has 2 N–H and O–H groups in total. The van der Waals surface area contributed by atoms with Crippen LogP contribution in [0.3, 0.4) is 0 Å². The highest BCUT2D eigenvalue weighted by molar-refractivity contribution is 7.47. The summed E-state index contributed by atoms with van der Waals surface area (Å²) in [5.41, 5.74) is 0. The third-order valence-corrected chi connectivity index (χ3v) is 13.0. The van der Waals surface area contributed by atoms with E-state index >= 15 is 0 Å². The Morgan fingerprint density at radius 2 is 0.667 bits per heavy atom. The molecular formula is C66H107O11P. The Kier molecular flexibility index (Phi) is 55.5. The second-order valence-corrected chi connectivity index (χ2v) is 20.8. The van der Waals surface area contributed by atoms with Crippen molar-refractivity contribution in [2.24, 2.45) is 0 Å². The molecule has 0 aliphatic carbocycles. The minimum atomic E-state index is -4.78. The summed E-state index contributed by atoms with van der Waals surface area (Å²) in [6.45, 7) is 4.29. The minimum absolute atomic E-state index is 0.115. The van der Waals surface area contributed by atoms with E-state index in [1.54, 1.807) is 0 Å². The zero-order valence-corrected chi connectivity index (χ0v) is 49.7. The number of phosphoric ester groups is 1.